The highest BCUT2D eigenvalue weighted by molar-refractivity contribution is 7.22. The van der Waals surface area contributed by atoms with Crippen LogP contribution in [0.4, 0.5) is 5.13 Å². The predicted octanol–water partition coefficient (Wildman–Crippen LogP) is 4.84. The minimum atomic E-state index is -0.147. The highest BCUT2D eigenvalue weighted by Crippen LogP contribution is 2.30. The van der Waals surface area contributed by atoms with Gasteiger partial charge in [-0.3, -0.25) is 9.59 Å². The third-order valence-corrected chi connectivity index (χ3v) is 6.42. The van der Waals surface area contributed by atoms with Gasteiger partial charge in [0.2, 0.25) is 5.91 Å². The van der Waals surface area contributed by atoms with Gasteiger partial charge in [0.15, 0.2) is 5.13 Å². The van der Waals surface area contributed by atoms with Gasteiger partial charge in [0.25, 0.3) is 5.91 Å². The number of thiazole rings is 1. The number of carbonyl (C=O) groups excluding carboxylic acids is 2. The largest absolute Gasteiger partial charge is 0.494 e. The third-order valence-electron chi connectivity index (χ3n) is 5.16. The Balaban J connectivity index is 1.36. The van der Waals surface area contributed by atoms with Crippen LogP contribution in [0.5, 0.6) is 5.75 Å². The molecule has 0 spiro atoms. The molecule has 0 radical (unpaired) electrons. The summed E-state index contributed by atoms with van der Waals surface area (Å²) >= 11 is 7.57. The van der Waals surface area contributed by atoms with Crippen LogP contribution in [0.25, 0.3) is 10.2 Å². The average molecular weight is 444 g/mol. The number of fused-ring (bicyclic) bond motifs is 1. The second kappa shape index (κ2) is 9.02. The van der Waals surface area contributed by atoms with E-state index in [-0.39, 0.29) is 17.7 Å². The second-order valence-electron chi connectivity index (χ2n) is 7.12. The SMILES string of the molecule is CCOc1ccc2nc(NC(=O)C3CCN(C(=O)c4ccccc4Cl)CC3)sc2c1. The number of halogens is 1. The Kier molecular flexibility index (Phi) is 6.20. The summed E-state index contributed by atoms with van der Waals surface area (Å²) in [5.41, 5.74) is 1.34. The molecule has 1 aromatic heterocycles. The molecule has 8 heteroatoms. The minimum absolute atomic E-state index is 0.0519. The van der Waals surface area contributed by atoms with Gasteiger partial charge in [-0.15, -0.1) is 0 Å². The summed E-state index contributed by atoms with van der Waals surface area (Å²) in [5, 5.41) is 3.97. The van der Waals surface area contributed by atoms with Crippen molar-refractivity contribution in [1.29, 1.82) is 0 Å². The molecule has 0 atom stereocenters. The van der Waals surface area contributed by atoms with Gasteiger partial charge in [0.1, 0.15) is 5.75 Å². The first-order valence-corrected chi connectivity index (χ1v) is 11.1. The van der Waals surface area contributed by atoms with Gasteiger partial charge < -0.3 is 15.0 Å². The van der Waals surface area contributed by atoms with Crippen molar-refractivity contribution in [3.8, 4) is 5.75 Å². The summed E-state index contributed by atoms with van der Waals surface area (Å²) in [7, 11) is 0. The standard InChI is InChI=1S/C22H22ClN3O3S/c1-2-29-15-7-8-18-19(13-15)30-22(24-18)25-20(27)14-9-11-26(12-10-14)21(28)16-5-3-4-6-17(16)23/h3-8,13-14H,2,9-12H2,1H3,(H,24,25,27). The molecule has 30 heavy (non-hydrogen) atoms. The topological polar surface area (TPSA) is 71.5 Å². The summed E-state index contributed by atoms with van der Waals surface area (Å²) in [5.74, 6) is 0.507. The van der Waals surface area contributed by atoms with Crippen molar-refractivity contribution in [2.45, 2.75) is 19.8 Å². The lowest BCUT2D eigenvalue weighted by Gasteiger charge is -2.31. The summed E-state index contributed by atoms with van der Waals surface area (Å²) in [4.78, 5) is 31.7. The molecule has 0 aliphatic carbocycles. The normalized spacial score (nSPS) is 14.7. The Morgan fingerprint density at radius 2 is 2.00 bits per heavy atom. The third kappa shape index (κ3) is 4.42. The fraction of sp³-hybridized carbons (Fsp3) is 0.318. The second-order valence-corrected chi connectivity index (χ2v) is 8.55. The maximum atomic E-state index is 12.7. The Labute approximate surface area is 183 Å². The van der Waals surface area contributed by atoms with Gasteiger partial charge in [0, 0.05) is 19.0 Å². The average Bonchev–Trinajstić information content (AvgIpc) is 3.15. The number of hydrogen-bond donors (Lipinski definition) is 1. The van der Waals surface area contributed by atoms with E-state index in [0.29, 0.717) is 48.3 Å². The number of benzene rings is 2. The molecule has 2 aromatic carbocycles. The Morgan fingerprint density at radius 1 is 1.23 bits per heavy atom. The van der Waals surface area contributed by atoms with E-state index in [1.807, 2.05) is 25.1 Å². The number of likely N-dealkylation sites (tertiary alicyclic amines) is 1. The number of nitrogens with one attached hydrogen (secondary N) is 1. The van der Waals surface area contributed by atoms with Crippen LogP contribution < -0.4 is 10.1 Å². The Hall–Kier alpha value is -2.64. The first-order valence-electron chi connectivity index (χ1n) is 9.93. The number of aromatic nitrogens is 1. The van der Waals surface area contributed by atoms with E-state index in [4.69, 9.17) is 16.3 Å². The fourth-order valence-corrected chi connectivity index (χ4v) is 4.69. The fourth-order valence-electron chi connectivity index (χ4n) is 3.57. The van der Waals surface area contributed by atoms with E-state index >= 15 is 0 Å². The number of hydrogen-bond acceptors (Lipinski definition) is 5. The zero-order valence-electron chi connectivity index (χ0n) is 16.6. The molecule has 0 unspecified atom stereocenters. The van der Waals surface area contributed by atoms with E-state index in [1.54, 1.807) is 29.2 Å². The summed E-state index contributed by atoms with van der Waals surface area (Å²) in [6, 6.07) is 12.8. The highest BCUT2D eigenvalue weighted by atomic mass is 35.5. The molecule has 6 nitrogen and oxygen atoms in total. The molecule has 1 aliphatic rings. The van der Waals surface area contributed by atoms with Crippen molar-refractivity contribution in [2.75, 3.05) is 25.0 Å². The first-order chi connectivity index (χ1) is 14.5. The van der Waals surface area contributed by atoms with E-state index in [2.05, 4.69) is 10.3 Å². The van der Waals surface area contributed by atoms with Gasteiger partial charge in [0.05, 0.1) is 27.4 Å². The van der Waals surface area contributed by atoms with Crippen molar-refractivity contribution >= 4 is 50.1 Å². The van der Waals surface area contributed by atoms with Gasteiger partial charge >= 0.3 is 0 Å². The molecular weight excluding hydrogens is 422 g/mol. The van der Waals surface area contributed by atoms with Crippen LogP contribution in [0.15, 0.2) is 42.5 Å². The van der Waals surface area contributed by atoms with Crippen LogP contribution in [0.1, 0.15) is 30.1 Å². The zero-order chi connectivity index (χ0) is 21.1. The maximum Gasteiger partial charge on any atom is 0.255 e. The number of anilines is 1. The molecule has 0 saturated carbocycles. The van der Waals surface area contributed by atoms with Crippen LogP contribution in [0, 0.1) is 5.92 Å². The van der Waals surface area contributed by atoms with Crippen LogP contribution in [0.3, 0.4) is 0 Å². The van der Waals surface area contributed by atoms with Crippen molar-refractivity contribution < 1.29 is 14.3 Å². The van der Waals surface area contributed by atoms with Gasteiger partial charge in [-0.25, -0.2) is 4.98 Å². The number of rotatable bonds is 5. The monoisotopic (exact) mass is 443 g/mol. The van der Waals surface area contributed by atoms with Gasteiger partial charge in [-0.2, -0.15) is 0 Å². The maximum absolute atomic E-state index is 12.7. The van der Waals surface area contributed by atoms with Crippen LogP contribution in [-0.2, 0) is 4.79 Å². The number of piperidine rings is 1. The van der Waals surface area contributed by atoms with Gasteiger partial charge in [-0.05, 0) is 50.1 Å². The minimum Gasteiger partial charge on any atom is -0.494 e. The molecule has 2 heterocycles. The van der Waals surface area contributed by atoms with Gasteiger partial charge in [-0.1, -0.05) is 35.1 Å². The molecule has 1 saturated heterocycles. The molecule has 1 fully saturated rings. The number of carbonyl (C=O) groups is 2. The lowest BCUT2D eigenvalue weighted by atomic mass is 9.95. The van der Waals surface area contributed by atoms with Crippen molar-refractivity contribution in [3.05, 3.63) is 53.1 Å². The van der Waals surface area contributed by atoms with E-state index in [9.17, 15) is 9.59 Å². The smallest absolute Gasteiger partial charge is 0.255 e. The molecule has 3 aromatic rings. The molecule has 0 bridgehead atoms. The predicted molar refractivity (Wildman–Crippen MR) is 119 cm³/mol. The molecule has 1 N–H and O–H groups in total. The van der Waals surface area contributed by atoms with Crippen LogP contribution in [0.2, 0.25) is 5.02 Å². The molecule has 2 amide bonds. The highest BCUT2D eigenvalue weighted by Gasteiger charge is 2.29. The van der Waals surface area contributed by atoms with E-state index in [0.717, 1.165) is 16.0 Å². The summed E-state index contributed by atoms with van der Waals surface area (Å²) in [6.45, 7) is 3.60. The molecule has 1 aliphatic heterocycles. The molecular formula is C22H22ClN3O3S. The number of amides is 2. The lowest BCUT2D eigenvalue weighted by Crippen LogP contribution is -2.41. The number of ether oxygens (including phenoxy) is 1. The summed E-state index contributed by atoms with van der Waals surface area (Å²) in [6.07, 6.45) is 1.23. The van der Waals surface area contributed by atoms with Crippen molar-refractivity contribution in [2.24, 2.45) is 5.92 Å². The number of nitrogens with zero attached hydrogens (tertiary/aromatic N) is 2. The first kappa shape index (κ1) is 20.6. The van der Waals surface area contributed by atoms with Crippen molar-refractivity contribution in [3.63, 3.8) is 0 Å². The van der Waals surface area contributed by atoms with Crippen LogP contribution >= 0.6 is 22.9 Å². The van der Waals surface area contributed by atoms with Crippen LogP contribution in [-0.4, -0.2) is 41.4 Å². The van der Waals surface area contributed by atoms with E-state index in [1.165, 1.54) is 11.3 Å². The van der Waals surface area contributed by atoms with E-state index < -0.39 is 0 Å². The zero-order valence-corrected chi connectivity index (χ0v) is 18.1. The summed E-state index contributed by atoms with van der Waals surface area (Å²) < 4.78 is 6.49. The Morgan fingerprint density at radius 3 is 2.73 bits per heavy atom. The molecule has 156 valence electrons. The lowest BCUT2D eigenvalue weighted by molar-refractivity contribution is -0.121. The van der Waals surface area contributed by atoms with Crippen molar-refractivity contribution in [1.82, 2.24) is 9.88 Å². The molecule has 4 rings (SSSR count). The Bertz CT molecular complexity index is 1080. The quantitative estimate of drug-likeness (QED) is 0.612.